The maximum Gasteiger partial charge on any atom is 0.251 e. The van der Waals surface area contributed by atoms with Crippen LogP contribution >= 0.6 is 11.6 Å². The molecule has 0 aromatic carbocycles. The number of hydrogen-bond donors (Lipinski definition) is 2. The largest absolute Gasteiger partial charge is 0.370 e. The van der Waals surface area contributed by atoms with Crippen LogP contribution in [-0.2, 0) is 0 Å². The lowest BCUT2D eigenvalue weighted by molar-refractivity contribution is 0.0925. The molecule has 1 heterocycles. The fourth-order valence-electron chi connectivity index (χ4n) is 2.30. The van der Waals surface area contributed by atoms with Crippen molar-refractivity contribution < 1.29 is 4.79 Å². The van der Waals surface area contributed by atoms with E-state index in [0.717, 1.165) is 19.4 Å². The molecule has 0 fully saturated rings. The molecule has 0 aliphatic heterocycles. The van der Waals surface area contributed by atoms with Gasteiger partial charge in [0.15, 0.2) is 0 Å². The van der Waals surface area contributed by atoms with Crippen molar-refractivity contribution in [1.29, 1.82) is 0 Å². The van der Waals surface area contributed by atoms with E-state index in [4.69, 9.17) is 11.6 Å². The zero-order valence-electron chi connectivity index (χ0n) is 12.7. The van der Waals surface area contributed by atoms with Crippen molar-refractivity contribution in [3.8, 4) is 0 Å². The topological polar surface area (TPSA) is 54.0 Å². The molecule has 0 aliphatic carbocycles. The van der Waals surface area contributed by atoms with E-state index in [-0.39, 0.29) is 11.9 Å². The number of hydrogen-bond acceptors (Lipinski definition) is 3. The highest BCUT2D eigenvalue weighted by Crippen LogP contribution is 2.16. The molecule has 1 amide bonds. The first-order valence-corrected chi connectivity index (χ1v) is 7.61. The lowest BCUT2D eigenvalue weighted by Gasteiger charge is -2.22. The summed E-state index contributed by atoms with van der Waals surface area (Å²) in [7, 11) is 0. The molecular weight excluding hydrogens is 274 g/mol. The first-order chi connectivity index (χ1) is 9.51. The van der Waals surface area contributed by atoms with Gasteiger partial charge in [0.25, 0.3) is 5.91 Å². The number of amides is 1. The number of carbonyl (C=O) groups is 1. The van der Waals surface area contributed by atoms with Crippen LogP contribution < -0.4 is 10.6 Å². The van der Waals surface area contributed by atoms with Gasteiger partial charge in [-0.3, -0.25) is 4.79 Å². The van der Waals surface area contributed by atoms with Crippen LogP contribution in [0.5, 0.6) is 0 Å². The van der Waals surface area contributed by atoms with Gasteiger partial charge in [-0.25, -0.2) is 4.98 Å². The molecule has 0 aliphatic rings. The van der Waals surface area contributed by atoms with Crippen molar-refractivity contribution >= 4 is 23.3 Å². The van der Waals surface area contributed by atoms with Crippen molar-refractivity contribution in [2.75, 3.05) is 11.9 Å². The molecule has 20 heavy (non-hydrogen) atoms. The maximum absolute atomic E-state index is 12.3. The van der Waals surface area contributed by atoms with Crippen LogP contribution in [0.4, 0.5) is 5.82 Å². The lowest BCUT2D eigenvalue weighted by atomic mass is 9.95. The number of nitrogens with zero attached hydrogens (tertiary/aromatic N) is 1. The molecular formula is C15H24ClN3O. The summed E-state index contributed by atoms with van der Waals surface area (Å²) in [5.74, 6) is 1.01. The third-order valence-corrected chi connectivity index (χ3v) is 3.72. The Hall–Kier alpha value is -1.29. The molecule has 0 bridgehead atoms. The van der Waals surface area contributed by atoms with Crippen molar-refractivity contribution in [3.05, 3.63) is 22.8 Å². The Morgan fingerprint density at radius 3 is 2.50 bits per heavy atom. The van der Waals surface area contributed by atoms with Crippen LogP contribution in [0.2, 0.25) is 5.15 Å². The van der Waals surface area contributed by atoms with E-state index in [1.165, 1.54) is 0 Å². The van der Waals surface area contributed by atoms with E-state index >= 15 is 0 Å². The third kappa shape index (κ3) is 4.67. The molecule has 1 unspecified atom stereocenters. The van der Waals surface area contributed by atoms with Gasteiger partial charge in [0.05, 0.1) is 0 Å². The van der Waals surface area contributed by atoms with Gasteiger partial charge >= 0.3 is 0 Å². The highest BCUT2D eigenvalue weighted by Gasteiger charge is 2.17. The number of pyridine rings is 1. The van der Waals surface area contributed by atoms with Gasteiger partial charge in [0.2, 0.25) is 0 Å². The molecule has 1 aromatic rings. The minimum absolute atomic E-state index is 0.104. The van der Waals surface area contributed by atoms with Gasteiger partial charge in [0, 0.05) is 18.2 Å². The van der Waals surface area contributed by atoms with Crippen molar-refractivity contribution in [2.24, 2.45) is 5.92 Å². The summed E-state index contributed by atoms with van der Waals surface area (Å²) < 4.78 is 0. The number of halogens is 1. The summed E-state index contributed by atoms with van der Waals surface area (Å²) in [5.41, 5.74) is 0.541. The average molecular weight is 298 g/mol. The molecule has 1 rings (SSSR count). The highest BCUT2D eigenvalue weighted by atomic mass is 35.5. The second-order valence-electron chi connectivity index (χ2n) is 4.93. The number of anilines is 1. The molecule has 5 heteroatoms. The fraction of sp³-hybridized carbons (Fsp3) is 0.600. The summed E-state index contributed by atoms with van der Waals surface area (Å²) in [6.07, 6.45) is 2.11. The minimum atomic E-state index is -0.104. The summed E-state index contributed by atoms with van der Waals surface area (Å²) in [6.45, 7) is 9.03. The Morgan fingerprint density at radius 1 is 1.30 bits per heavy atom. The van der Waals surface area contributed by atoms with E-state index in [1.807, 2.05) is 13.8 Å². The second-order valence-corrected chi connectivity index (χ2v) is 5.32. The van der Waals surface area contributed by atoms with Crippen molar-refractivity contribution in [2.45, 2.75) is 46.6 Å². The molecule has 0 radical (unpaired) electrons. The van der Waals surface area contributed by atoms with Crippen LogP contribution in [0.1, 0.15) is 50.9 Å². The molecule has 1 atom stereocenters. The quantitative estimate of drug-likeness (QED) is 0.754. The van der Waals surface area contributed by atoms with E-state index in [2.05, 4.69) is 29.5 Å². The number of aromatic nitrogens is 1. The first kappa shape index (κ1) is 16.8. The molecule has 2 N–H and O–H groups in total. The van der Waals surface area contributed by atoms with Crippen LogP contribution in [0.25, 0.3) is 0 Å². The summed E-state index contributed by atoms with van der Waals surface area (Å²) in [4.78, 5) is 16.4. The van der Waals surface area contributed by atoms with Gasteiger partial charge in [-0.1, -0.05) is 38.3 Å². The minimum Gasteiger partial charge on any atom is -0.370 e. The predicted octanol–water partition coefficient (Wildman–Crippen LogP) is 3.72. The Labute approximate surface area is 126 Å². The molecule has 1 aromatic heterocycles. The molecule has 112 valence electrons. The lowest BCUT2D eigenvalue weighted by Crippen LogP contribution is -2.37. The number of carbonyl (C=O) groups excluding carboxylic acids is 1. The van der Waals surface area contributed by atoms with Crippen LogP contribution in [-0.4, -0.2) is 23.5 Å². The zero-order chi connectivity index (χ0) is 15.1. The van der Waals surface area contributed by atoms with Crippen molar-refractivity contribution in [3.63, 3.8) is 0 Å². The second kappa shape index (κ2) is 8.10. The Morgan fingerprint density at radius 2 is 1.95 bits per heavy atom. The van der Waals surface area contributed by atoms with Gasteiger partial charge < -0.3 is 10.6 Å². The van der Waals surface area contributed by atoms with E-state index in [0.29, 0.717) is 22.5 Å². The smallest absolute Gasteiger partial charge is 0.251 e. The fourth-order valence-corrected chi connectivity index (χ4v) is 2.51. The molecule has 4 nitrogen and oxygen atoms in total. The first-order valence-electron chi connectivity index (χ1n) is 7.24. The Kier molecular flexibility index (Phi) is 6.79. The van der Waals surface area contributed by atoms with E-state index in [1.54, 1.807) is 12.1 Å². The average Bonchev–Trinajstić information content (AvgIpc) is 2.39. The highest BCUT2D eigenvalue weighted by molar-refractivity contribution is 6.29. The normalized spacial score (nSPS) is 12.3. The predicted molar refractivity (Wildman–Crippen MR) is 84.4 cm³/mol. The molecule has 0 saturated heterocycles. The van der Waals surface area contributed by atoms with Crippen molar-refractivity contribution in [1.82, 2.24) is 10.3 Å². The van der Waals surface area contributed by atoms with Crippen LogP contribution in [0.15, 0.2) is 12.1 Å². The number of nitrogens with one attached hydrogen (secondary N) is 2. The number of rotatable bonds is 7. The molecule has 0 spiro atoms. The van der Waals surface area contributed by atoms with E-state index in [9.17, 15) is 4.79 Å². The van der Waals surface area contributed by atoms with Gasteiger partial charge in [0.1, 0.15) is 11.0 Å². The van der Waals surface area contributed by atoms with Crippen LogP contribution in [0.3, 0.4) is 0 Å². The zero-order valence-corrected chi connectivity index (χ0v) is 13.4. The van der Waals surface area contributed by atoms with Gasteiger partial charge in [-0.15, -0.1) is 0 Å². The Balaban J connectivity index is 2.81. The van der Waals surface area contributed by atoms with Gasteiger partial charge in [-0.2, -0.15) is 0 Å². The Bertz CT molecular complexity index is 447. The standard InChI is InChI=1S/C15H24ClN3O/c1-5-11(6-2)10(4)18-15(20)12-8-13(16)19-14(9-12)17-7-3/h8-11H,5-7H2,1-4H3,(H,17,19)(H,18,20). The summed E-state index contributed by atoms with van der Waals surface area (Å²) in [5, 5.41) is 6.43. The maximum atomic E-state index is 12.3. The summed E-state index contributed by atoms with van der Waals surface area (Å²) >= 11 is 5.95. The van der Waals surface area contributed by atoms with Crippen LogP contribution in [0, 0.1) is 5.92 Å². The third-order valence-electron chi connectivity index (χ3n) is 3.53. The van der Waals surface area contributed by atoms with Gasteiger partial charge in [-0.05, 0) is 31.9 Å². The SMILES string of the molecule is CCNc1cc(C(=O)NC(C)C(CC)CC)cc(Cl)n1. The summed E-state index contributed by atoms with van der Waals surface area (Å²) in [6, 6.07) is 3.47. The van der Waals surface area contributed by atoms with E-state index < -0.39 is 0 Å². The molecule has 0 saturated carbocycles. The monoisotopic (exact) mass is 297 g/mol.